The smallest absolute Gasteiger partial charge is 0.271 e. The molecular formula is C2Cl2NaO2. The molecule has 0 aromatic rings. The van der Waals surface area contributed by atoms with Gasteiger partial charge in [0.25, 0.3) is 0 Å². The summed E-state index contributed by atoms with van der Waals surface area (Å²) in [5.74, 6) is 0. The molecule has 7 heavy (non-hydrogen) atoms. The van der Waals surface area contributed by atoms with Crippen molar-refractivity contribution in [3.8, 4) is 0 Å². The van der Waals surface area contributed by atoms with E-state index in [1.807, 2.05) is 0 Å². The Labute approximate surface area is 72.4 Å². The molecule has 2 nitrogen and oxygen atoms in total. The van der Waals surface area contributed by atoms with E-state index < -0.39 is 10.5 Å². The van der Waals surface area contributed by atoms with Crippen molar-refractivity contribution in [2.45, 2.75) is 0 Å². The number of carbonyl (C=O) groups is 2. The minimum atomic E-state index is -1.14. The largest absolute Gasteiger partial charge is 0.304 e. The second-order valence-corrected chi connectivity index (χ2v) is 1.23. The molecule has 0 spiro atoms. The molecule has 0 aliphatic heterocycles. The zero-order valence-corrected chi connectivity index (χ0v) is 7.08. The van der Waals surface area contributed by atoms with Gasteiger partial charge in [-0.25, -0.2) is 0 Å². The monoisotopic (exact) mass is 149 g/mol. The van der Waals surface area contributed by atoms with Crippen molar-refractivity contribution in [3.05, 3.63) is 0 Å². The SMILES string of the molecule is O=C(Cl)C(=O)Cl.[Na]. The van der Waals surface area contributed by atoms with Gasteiger partial charge in [0.2, 0.25) is 0 Å². The van der Waals surface area contributed by atoms with E-state index in [1.165, 1.54) is 0 Å². The fourth-order valence-electron chi connectivity index (χ4n) is 0. The topological polar surface area (TPSA) is 34.1 Å². The average Bonchev–Trinajstić information content (AvgIpc) is 1.36. The number of hydrogen-bond acceptors (Lipinski definition) is 2. The fourth-order valence-corrected chi connectivity index (χ4v) is 0. The van der Waals surface area contributed by atoms with Crippen molar-refractivity contribution in [1.29, 1.82) is 0 Å². The summed E-state index contributed by atoms with van der Waals surface area (Å²) in [6.07, 6.45) is 0. The van der Waals surface area contributed by atoms with E-state index in [1.54, 1.807) is 0 Å². The molecule has 0 bridgehead atoms. The third kappa shape index (κ3) is 6.92. The zero-order chi connectivity index (χ0) is 5.15. The Balaban J connectivity index is 0. The van der Waals surface area contributed by atoms with E-state index in [4.69, 9.17) is 0 Å². The molecule has 0 heterocycles. The summed E-state index contributed by atoms with van der Waals surface area (Å²) in [7, 11) is 0. The molecule has 1 radical (unpaired) electrons. The van der Waals surface area contributed by atoms with E-state index in [0.29, 0.717) is 0 Å². The first-order valence-electron chi connectivity index (χ1n) is 1.04. The third-order valence-electron chi connectivity index (χ3n) is 0.155. The molecule has 0 aliphatic rings. The molecule has 0 saturated heterocycles. The van der Waals surface area contributed by atoms with Crippen LogP contribution in [-0.4, -0.2) is 40.0 Å². The van der Waals surface area contributed by atoms with Crippen LogP contribution in [-0.2, 0) is 9.59 Å². The number of hydrogen-bond donors (Lipinski definition) is 0. The molecule has 0 amide bonds. The van der Waals surface area contributed by atoms with Gasteiger partial charge >= 0.3 is 10.5 Å². The fraction of sp³-hybridized carbons (Fsp3) is 0. The molecule has 0 rings (SSSR count). The first kappa shape index (κ1) is 10.8. The van der Waals surface area contributed by atoms with Crippen LogP contribution in [0.1, 0.15) is 0 Å². The molecule has 0 N–H and O–H groups in total. The van der Waals surface area contributed by atoms with Gasteiger partial charge < -0.3 is 0 Å². The maximum Gasteiger partial charge on any atom is 0.304 e. The summed E-state index contributed by atoms with van der Waals surface area (Å²) in [4.78, 5) is 18.9. The van der Waals surface area contributed by atoms with Gasteiger partial charge in [-0.05, 0) is 23.2 Å². The van der Waals surface area contributed by atoms with Gasteiger partial charge in [0.05, 0.1) is 0 Å². The summed E-state index contributed by atoms with van der Waals surface area (Å²) >= 11 is 8.98. The van der Waals surface area contributed by atoms with Crippen molar-refractivity contribution in [2.24, 2.45) is 0 Å². The molecule has 0 aliphatic carbocycles. The molecule has 0 unspecified atom stereocenters. The Kier molecular flexibility index (Phi) is 7.83. The van der Waals surface area contributed by atoms with Crippen LogP contribution >= 0.6 is 23.2 Å². The van der Waals surface area contributed by atoms with Crippen molar-refractivity contribution in [1.82, 2.24) is 0 Å². The Morgan fingerprint density at radius 2 is 1.14 bits per heavy atom. The van der Waals surface area contributed by atoms with E-state index >= 15 is 0 Å². The molecule has 0 saturated carbocycles. The number of rotatable bonds is 1. The van der Waals surface area contributed by atoms with Crippen molar-refractivity contribution >= 4 is 63.2 Å². The quantitative estimate of drug-likeness (QED) is 0.302. The minimum absolute atomic E-state index is 0. The van der Waals surface area contributed by atoms with Gasteiger partial charge in [0, 0.05) is 29.6 Å². The Hall–Kier alpha value is 0.920. The summed E-state index contributed by atoms with van der Waals surface area (Å²) in [5, 5.41) is -2.28. The van der Waals surface area contributed by atoms with E-state index in [0.717, 1.165) is 0 Å². The third-order valence-corrected chi connectivity index (χ3v) is 0.595. The van der Waals surface area contributed by atoms with Gasteiger partial charge in [-0.1, -0.05) is 0 Å². The van der Waals surface area contributed by atoms with E-state index in [2.05, 4.69) is 23.2 Å². The van der Waals surface area contributed by atoms with Gasteiger partial charge in [0.1, 0.15) is 0 Å². The van der Waals surface area contributed by atoms with Crippen LogP contribution in [0.2, 0.25) is 0 Å². The summed E-state index contributed by atoms with van der Waals surface area (Å²) < 4.78 is 0. The predicted molar refractivity (Wildman–Crippen MR) is 27.5 cm³/mol. The van der Waals surface area contributed by atoms with Crippen LogP contribution in [0.4, 0.5) is 0 Å². The Morgan fingerprint density at radius 1 is 1.00 bits per heavy atom. The number of carbonyl (C=O) groups excluding carboxylic acids is 2. The van der Waals surface area contributed by atoms with E-state index in [9.17, 15) is 9.59 Å². The first-order chi connectivity index (χ1) is 2.64. The molecule has 0 fully saturated rings. The van der Waals surface area contributed by atoms with Crippen LogP contribution in [0.3, 0.4) is 0 Å². The van der Waals surface area contributed by atoms with Crippen molar-refractivity contribution < 1.29 is 9.59 Å². The molecule has 0 aromatic heterocycles. The standard InChI is InChI=1S/C2Cl2O2.Na/c3-1(5)2(4)6;. The summed E-state index contributed by atoms with van der Waals surface area (Å²) in [5.41, 5.74) is 0. The Morgan fingerprint density at radius 3 is 1.14 bits per heavy atom. The molecule has 0 aromatic carbocycles. The van der Waals surface area contributed by atoms with E-state index in [-0.39, 0.29) is 29.6 Å². The van der Waals surface area contributed by atoms with Crippen LogP contribution in [0.25, 0.3) is 0 Å². The van der Waals surface area contributed by atoms with Gasteiger partial charge in [-0.3, -0.25) is 9.59 Å². The molecular weight excluding hydrogens is 150 g/mol. The van der Waals surface area contributed by atoms with Gasteiger partial charge in [0.15, 0.2) is 0 Å². The van der Waals surface area contributed by atoms with Crippen LogP contribution in [0.15, 0.2) is 0 Å². The Bertz CT molecular complexity index is 79.7. The second kappa shape index (κ2) is 5.06. The van der Waals surface area contributed by atoms with Crippen LogP contribution < -0.4 is 0 Å². The molecule has 5 heteroatoms. The van der Waals surface area contributed by atoms with Crippen molar-refractivity contribution in [2.75, 3.05) is 0 Å². The minimum Gasteiger partial charge on any atom is -0.271 e. The van der Waals surface area contributed by atoms with Gasteiger partial charge in [-0.2, -0.15) is 0 Å². The summed E-state index contributed by atoms with van der Waals surface area (Å²) in [6, 6.07) is 0. The van der Waals surface area contributed by atoms with Gasteiger partial charge in [-0.15, -0.1) is 0 Å². The maximum absolute atomic E-state index is 9.43. The summed E-state index contributed by atoms with van der Waals surface area (Å²) in [6.45, 7) is 0. The predicted octanol–water partition coefficient (Wildman–Crippen LogP) is 0.136. The first-order valence-corrected chi connectivity index (χ1v) is 1.79. The van der Waals surface area contributed by atoms with Crippen molar-refractivity contribution in [3.63, 3.8) is 0 Å². The maximum atomic E-state index is 9.43. The molecule has 0 atom stereocenters. The zero-order valence-electron chi connectivity index (χ0n) is 3.57. The second-order valence-electron chi connectivity index (χ2n) is 0.547. The molecule has 35 valence electrons. The van der Waals surface area contributed by atoms with Crippen LogP contribution in [0, 0.1) is 0 Å². The van der Waals surface area contributed by atoms with Crippen LogP contribution in [0.5, 0.6) is 0 Å². The average molecular weight is 150 g/mol. The normalized spacial score (nSPS) is 6.57. The number of halogens is 2.